The van der Waals surface area contributed by atoms with Gasteiger partial charge < -0.3 is 4.57 Å². The van der Waals surface area contributed by atoms with Crippen molar-refractivity contribution in [3.63, 3.8) is 0 Å². The summed E-state index contributed by atoms with van der Waals surface area (Å²) in [4.78, 5) is 18.4. The summed E-state index contributed by atoms with van der Waals surface area (Å²) in [6, 6.07) is 24.1. The number of hydrogen-bond acceptors (Lipinski definition) is 2. The van der Waals surface area contributed by atoms with E-state index in [0.29, 0.717) is 11.0 Å². The zero-order chi connectivity index (χ0) is 18.5. The van der Waals surface area contributed by atoms with Gasteiger partial charge in [-0.2, -0.15) is 0 Å². The molecule has 0 unspecified atom stereocenters. The summed E-state index contributed by atoms with van der Waals surface area (Å²) in [6.45, 7) is 2.07. The van der Waals surface area contributed by atoms with E-state index in [2.05, 4.69) is 31.2 Å². The summed E-state index contributed by atoms with van der Waals surface area (Å²) in [5.41, 5.74) is 5.70. The second kappa shape index (κ2) is 5.78. The fourth-order valence-corrected chi connectivity index (χ4v) is 3.93. The number of benzene rings is 3. The van der Waals surface area contributed by atoms with Crippen LogP contribution in [0, 0.1) is 6.92 Å². The van der Waals surface area contributed by atoms with Gasteiger partial charge in [-0.15, -0.1) is 0 Å². The number of fused-ring (bicyclic) bond motifs is 3. The molecule has 2 heterocycles. The normalized spacial score (nSPS) is 11.5. The third-order valence-corrected chi connectivity index (χ3v) is 5.24. The first kappa shape index (κ1) is 15.8. The van der Waals surface area contributed by atoms with Gasteiger partial charge in [0.25, 0.3) is 0 Å². The Morgan fingerprint density at radius 1 is 0.852 bits per heavy atom. The van der Waals surface area contributed by atoms with Crippen molar-refractivity contribution < 1.29 is 0 Å². The molecule has 0 amide bonds. The molecule has 0 aliphatic heterocycles. The van der Waals surface area contributed by atoms with Crippen LogP contribution in [0.4, 0.5) is 0 Å². The number of aromatic nitrogens is 2. The molecule has 0 bridgehead atoms. The Balaban J connectivity index is 2.14. The van der Waals surface area contributed by atoms with Crippen LogP contribution in [0.15, 0.2) is 77.6 Å². The third-order valence-electron chi connectivity index (χ3n) is 5.24. The molecule has 0 aliphatic rings. The first-order valence-electron chi connectivity index (χ1n) is 9.02. The molecule has 5 aromatic rings. The van der Waals surface area contributed by atoms with E-state index in [4.69, 9.17) is 4.98 Å². The zero-order valence-electron chi connectivity index (χ0n) is 15.2. The second-order valence-electron chi connectivity index (χ2n) is 6.98. The first-order chi connectivity index (χ1) is 13.1. The molecule has 0 saturated carbocycles. The summed E-state index contributed by atoms with van der Waals surface area (Å²) in [5.74, 6) is 0. The molecule has 0 atom stereocenters. The molecule has 3 nitrogen and oxygen atoms in total. The zero-order valence-corrected chi connectivity index (χ0v) is 15.2. The molecule has 0 N–H and O–H groups in total. The third kappa shape index (κ3) is 2.28. The highest BCUT2D eigenvalue weighted by molar-refractivity contribution is 6.11. The smallest absolute Gasteiger partial charge is 0.199 e. The van der Waals surface area contributed by atoms with Crippen molar-refractivity contribution >= 4 is 32.8 Å². The van der Waals surface area contributed by atoms with Crippen molar-refractivity contribution in [1.82, 2.24) is 9.55 Å². The Morgan fingerprint density at radius 2 is 1.59 bits per heavy atom. The van der Waals surface area contributed by atoms with E-state index in [1.165, 1.54) is 0 Å². The SMILES string of the molecule is Cc1ccc2nc3c(c(-c4ccccc4)c2c1)c(=O)c1ccccc1n3C. The summed E-state index contributed by atoms with van der Waals surface area (Å²) in [5, 5.41) is 2.42. The molecule has 3 aromatic carbocycles. The summed E-state index contributed by atoms with van der Waals surface area (Å²) in [6.07, 6.45) is 0. The number of pyridine rings is 2. The number of nitrogens with zero attached hydrogens (tertiary/aromatic N) is 2. The van der Waals surface area contributed by atoms with Crippen LogP contribution in [-0.4, -0.2) is 9.55 Å². The average molecular weight is 350 g/mol. The van der Waals surface area contributed by atoms with Crippen LogP contribution in [0.25, 0.3) is 44.0 Å². The minimum absolute atomic E-state index is 0.0356. The molecular weight excluding hydrogens is 332 g/mol. The second-order valence-corrected chi connectivity index (χ2v) is 6.98. The molecule has 0 fully saturated rings. The molecule has 3 heteroatoms. The average Bonchev–Trinajstić information content (AvgIpc) is 2.71. The predicted molar refractivity (Wildman–Crippen MR) is 112 cm³/mol. The molecule has 2 aromatic heterocycles. The molecule has 0 saturated heterocycles. The van der Waals surface area contributed by atoms with Crippen molar-refractivity contribution in [3.8, 4) is 11.1 Å². The van der Waals surface area contributed by atoms with Gasteiger partial charge in [0.05, 0.1) is 16.4 Å². The lowest BCUT2D eigenvalue weighted by molar-refractivity contribution is 0.982. The molecule has 130 valence electrons. The maximum absolute atomic E-state index is 13.5. The van der Waals surface area contributed by atoms with Crippen molar-refractivity contribution in [1.29, 1.82) is 0 Å². The van der Waals surface area contributed by atoms with Gasteiger partial charge in [-0.3, -0.25) is 4.79 Å². The van der Waals surface area contributed by atoms with Gasteiger partial charge in [-0.05, 0) is 36.8 Å². The minimum Gasteiger partial charge on any atom is -0.328 e. The Hall–Kier alpha value is -3.46. The Morgan fingerprint density at radius 3 is 2.41 bits per heavy atom. The van der Waals surface area contributed by atoms with Crippen LogP contribution < -0.4 is 5.43 Å². The largest absolute Gasteiger partial charge is 0.328 e. The molecular formula is C24H18N2O. The van der Waals surface area contributed by atoms with E-state index in [9.17, 15) is 4.79 Å². The lowest BCUT2D eigenvalue weighted by atomic mass is 9.95. The Kier molecular flexibility index (Phi) is 3.37. The standard InChI is InChI=1S/C24H18N2O/c1-15-12-13-19-18(14-15)21(16-8-4-3-5-9-16)22-23(27)17-10-6-7-11-20(17)26(2)24(22)25-19/h3-14H,1-2H3. The maximum Gasteiger partial charge on any atom is 0.199 e. The molecule has 27 heavy (non-hydrogen) atoms. The van der Waals surface area contributed by atoms with Crippen molar-refractivity contribution in [3.05, 3.63) is 88.6 Å². The fourth-order valence-electron chi connectivity index (χ4n) is 3.93. The van der Waals surface area contributed by atoms with Crippen LogP contribution >= 0.6 is 0 Å². The summed E-state index contributed by atoms with van der Waals surface area (Å²) >= 11 is 0. The predicted octanol–water partition coefficient (Wildman–Crippen LogP) is 5.22. The maximum atomic E-state index is 13.5. The fraction of sp³-hybridized carbons (Fsp3) is 0.0833. The minimum atomic E-state index is 0.0356. The highest BCUT2D eigenvalue weighted by Gasteiger charge is 2.18. The number of hydrogen-bond donors (Lipinski definition) is 0. The van der Waals surface area contributed by atoms with Gasteiger partial charge in [0.15, 0.2) is 5.43 Å². The van der Waals surface area contributed by atoms with Gasteiger partial charge in [0, 0.05) is 23.4 Å². The van der Waals surface area contributed by atoms with Gasteiger partial charge >= 0.3 is 0 Å². The quantitative estimate of drug-likeness (QED) is 0.389. The van der Waals surface area contributed by atoms with Crippen LogP contribution in [0.5, 0.6) is 0 Å². The van der Waals surface area contributed by atoms with E-state index in [1.54, 1.807) is 0 Å². The van der Waals surface area contributed by atoms with Gasteiger partial charge in [0.2, 0.25) is 0 Å². The summed E-state index contributed by atoms with van der Waals surface area (Å²) < 4.78 is 2.03. The van der Waals surface area contributed by atoms with Crippen molar-refractivity contribution in [2.45, 2.75) is 6.92 Å². The highest BCUT2D eigenvalue weighted by Crippen LogP contribution is 2.34. The molecule has 0 spiro atoms. The highest BCUT2D eigenvalue weighted by atomic mass is 16.1. The molecule has 0 radical (unpaired) electrons. The van der Waals surface area contributed by atoms with E-state index in [1.807, 2.05) is 60.1 Å². The van der Waals surface area contributed by atoms with Crippen molar-refractivity contribution in [2.75, 3.05) is 0 Å². The van der Waals surface area contributed by atoms with E-state index in [0.717, 1.165) is 38.5 Å². The Labute approximate surface area is 156 Å². The van der Waals surface area contributed by atoms with E-state index < -0.39 is 0 Å². The lowest BCUT2D eigenvalue weighted by Crippen LogP contribution is -2.12. The molecule has 5 rings (SSSR count). The summed E-state index contributed by atoms with van der Waals surface area (Å²) in [7, 11) is 1.98. The van der Waals surface area contributed by atoms with Crippen molar-refractivity contribution in [2.24, 2.45) is 7.05 Å². The van der Waals surface area contributed by atoms with Crippen LogP contribution in [0.1, 0.15) is 5.56 Å². The van der Waals surface area contributed by atoms with E-state index in [-0.39, 0.29) is 5.43 Å². The lowest BCUT2D eigenvalue weighted by Gasteiger charge is -2.15. The van der Waals surface area contributed by atoms with E-state index >= 15 is 0 Å². The van der Waals surface area contributed by atoms with Crippen LogP contribution in [0.2, 0.25) is 0 Å². The molecule has 0 aliphatic carbocycles. The van der Waals surface area contributed by atoms with Gasteiger partial charge in [-0.25, -0.2) is 4.98 Å². The number of aryl methyl sites for hydroxylation is 2. The number of para-hydroxylation sites is 1. The first-order valence-corrected chi connectivity index (χ1v) is 9.02. The monoisotopic (exact) mass is 350 g/mol. The topological polar surface area (TPSA) is 34.9 Å². The Bertz CT molecular complexity index is 1400. The number of rotatable bonds is 1. The van der Waals surface area contributed by atoms with Gasteiger partial charge in [-0.1, -0.05) is 54.1 Å². The van der Waals surface area contributed by atoms with Crippen LogP contribution in [-0.2, 0) is 7.05 Å². The van der Waals surface area contributed by atoms with Gasteiger partial charge in [0.1, 0.15) is 5.65 Å². The van der Waals surface area contributed by atoms with Crippen LogP contribution in [0.3, 0.4) is 0 Å².